The van der Waals surface area contributed by atoms with Gasteiger partial charge in [0.05, 0.1) is 12.2 Å². The van der Waals surface area contributed by atoms with Crippen LogP contribution in [0.3, 0.4) is 0 Å². The number of benzene rings is 2. The first-order chi connectivity index (χ1) is 13.0. The monoisotopic (exact) mass is 365 g/mol. The summed E-state index contributed by atoms with van der Waals surface area (Å²) >= 11 is 0. The maximum absolute atomic E-state index is 12.1. The highest BCUT2D eigenvalue weighted by Gasteiger charge is 2.08. The molecule has 0 atom stereocenters. The van der Waals surface area contributed by atoms with Crippen molar-refractivity contribution in [3.05, 3.63) is 71.3 Å². The van der Waals surface area contributed by atoms with Crippen LogP contribution in [-0.4, -0.2) is 18.5 Å². The van der Waals surface area contributed by atoms with E-state index < -0.39 is 0 Å². The molecule has 0 aliphatic heterocycles. The molecule has 0 unspecified atom stereocenters. The average molecular weight is 365 g/mol. The number of nitrogens with one attached hydrogen (secondary N) is 1. The van der Waals surface area contributed by atoms with Crippen LogP contribution < -0.4 is 5.32 Å². The van der Waals surface area contributed by atoms with Gasteiger partial charge in [-0.2, -0.15) is 0 Å². The number of amides is 1. The summed E-state index contributed by atoms with van der Waals surface area (Å²) in [6, 6.07) is 14.9. The van der Waals surface area contributed by atoms with Crippen LogP contribution in [0.25, 0.3) is 6.08 Å². The number of carbonyl (C=O) groups excluding carboxylic acids is 2. The van der Waals surface area contributed by atoms with Crippen molar-refractivity contribution < 1.29 is 14.3 Å². The molecule has 0 aliphatic carbocycles. The Morgan fingerprint density at radius 3 is 2.52 bits per heavy atom. The van der Waals surface area contributed by atoms with Crippen molar-refractivity contribution in [2.45, 2.75) is 39.5 Å². The van der Waals surface area contributed by atoms with Crippen molar-refractivity contribution in [3.63, 3.8) is 0 Å². The van der Waals surface area contributed by atoms with E-state index in [0.717, 1.165) is 18.4 Å². The first-order valence-electron chi connectivity index (χ1n) is 9.35. The van der Waals surface area contributed by atoms with Gasteiger partial charge in [-0.15, -0.1) is 0 Å². The van der Waals surface area contributed by atoms with Gasteiger partial charge in [-0.05, 0) is 47.7 Å². The number of hydrogen-bond acceptors (Lipinski definition) is 3. The maximum atomic E-state index is 12.1. The maximum Gasteiger partial charge on any atom is 0.338 e. The van der Waals surface area contributed by atoms with E-state index in [2.05, 4.69) is 31.3 Å². The van der Waals surface area contributed by atoms with E-state index in [9.17, 15) is 9.59 Å². The topological polar surface area (TPSA) is 55.4 Å². The minimum atomic E-state index is -0.375. The number of hydrogen-bond donors (Lipinski definition) is 1. The van der Waals surface area contributed by atoms with Gasteiger partial charge in [0.1, 0.15) is 0 Å². The second-order valence-electron chi connectivity index (χ2n) is 6.71. The SMILES string of the molecule is CCCCOC(=O)c1cccc(NC(=O)C=Cc2ccc(C(C)C)cc2)c1. The molecule has 142 valence electrons. The molecule has 2 rings (SSSR count). The molecule has 0 bridgehead atoms. The van der Waals surface area contributed by atoms with Crippen molar-refractivity contribution in [2.75, 3.05) is 11.9 Å². The lowest BCUT2D eigenvalue weighted by atomic mass is 10.0. The van der Waals surface area contributed by atoms with E-state index in [1.165, 1.54) is 11.6 Å². The number of ether oxygens (including phenoxy) is 1. The highest BCUT2D eigenvalue weighted by atomic mass is 16.5. The fourth-order valence-electron chi connectivity index (χ4n) is 2.46. The Morgan fingerprint density at radius 2 is 1.85 bits per heavy atom. The van der Waals surface area contributed by atoms with Gasteiger partial charge < -0.3 is 10.1 Å². The summed E-state index contributed by atoms with van der Waals surface area (Å²) in [5.41, 5.74) is 3.21. The highest BCUT2D eigenvalue weighted by Crippen LogP contribution is 2.16. The Kier molecular flexibility index (Phi) is 7.80. The van der Waals surface area contributed by atoms with Gasteiger partial charge in [0.2, 0.25) is 5.91 Å². The average Bonchev–Trinajstić information content (AvgIpc) is 2.67. The molecule has 4 nitrogen and oxygen atoms in total. The molecule has 1 N–H and O–H groups in total. The second kappa shape index (κ2) is 10.3. The molecular formula is C23H27NO3. The summed E-state index contributed by atoms with van der Waals surface area (Å²) in [7, 11) is 0. The predicted molar refractivity (Wildman–Crippen MR) is 110 cm³/mol. The van der Waals surface area contributed by atoms with Crippen molar-refractivity contribution in [1.82, 2.24) is 0 Å². The zero-order chi connectivity index (χ0) is 19.6. The van der Waals surface area contributed by atoms with Crippen molar-refractivity contribution in [2.24, 2.45) is 0 Å². The van der Waals surface area contributed by atoms with Crippen LogP contribution >= 0.6 is 0 Å². The molecule has 0 aromatic heterocycles. The number of rotatable bonds is 8. The van der Waals surface area contributed by atoms with Gasteiger partial charge in [0.15, 0.2) is 0 Å². The Bertz CT molecular complexity index is 792. The summed E-state index contributed by atoms with van der Waals surface area (Å²) in [6.07, 6.45) is 5.06. The fraction of sp³-hybridized carbons (Fsp3) is 0.304. The number of esters is 1. The Labute approximate surface area is 161 Å². The third-order valence-corrected chi connectivity index (χ3v) is 4.13. The fourth-order valence-corrected chi connectivity index (χ4v) is 2.46. The lowest BCUT2D eigenvalue weighted by molar-refractivity contribution is -0.111. The zero-order valence-electron chi connectivity index (χ0n) is 16.2. The molecule has 0 aliphatic rings. The van der Waals surface area contributed by atoms with E-state index in [4.69, 9.17) is 4.74 Å². The third-order valence-electron chi connectivity index (χ3n) is 4.13. The number of carbonyl (C=O) groups is 2. The molecule has 0 spiro atoms. The van der Waals surface area contributed by atoms with Gasteiger partial charge in [0.25, 0.3) is 0 Å². The van der Waals surface area contributed by atoms with Crippen LogP contribution in [0.1, 0.15) is 61.0 Å². The van der Waals surface area contributed by atoms with E-state index in [1.807, 2.05) is 19.1 Å². The van der Waals surface area contributed by atoms with E-state index in [0.29, 0.717) is 23.8 Å². The molecule has 1 amide bonds. The van der Waals surface area contributed by atoms with Crippen LogP contribution in [0.15, 0.2) is 54.6 Å². The minimum Gasteiger partial charge on any atom is -0.462 e. The van der Waals surface area contributed by atoms with Gasteiger partial charge in [0, 0.05) is 11.8 Å². The van der Waals surface area contributed by atoms with Crippen LogP contribution in [0.2, 0.25) is 0 Å². The molecule has 27 heavy (non-hydrogen) atoms. The lowest BCUT2D eigenvalue weighted by Crippen LogP contribution is -2.10. The van der Waals surface area contributed by atoms with Crippen LogP contribution in [0.5, 0.6) is 0 Å². The molecule has 0 saturated heterocycles. The summed E-state index contributed by atoms with van der Waals surface area (Å²) in [4.78, 5) is 24.1. The van der Waals surface area contributed by atoms with Gasteiger partial charge in [-0.25, -0.2) is 4.79 Å². The largest absolute Gasteiger partial charge is 0.462 e. The number of unbranched alkanes of at least 4 members (excludes halogenated alkanes) is 1. The number of anilines is 1. The minimum absolute atomic E-state index is 0.251. The zero-order valence-corrected chi connectivity index (χ0v) is 16.2. The smallest absolute Gasteiger partial charge is 0.338 e. The predicted octanol–water partition coefficient (Wildman–Crippen LogP) is 5.42. The van der Waals surface area contributed by atoms with E-state index in [-0.39, 0.29) is 11.9 Å². The molecule has 0 heterocycles. The first-order valence-corrected chi connectivity index (χ1v) is 9.35. The summed E-state index contributed by atoms with van der Waals surface area (Å²) in [6.45, 7) is 6.73. The van der Waals surface area contributed by atoms with Crippen molar-refractivity contribution in [3.8, 4) is 0 Å². The van der Waals surface area contributed by atoms with Gasteiger partial charge in [-0.3, -0.25) is 4.79 Å². The normalized spacial score (nSPS) is 11.0. The van der Waals surface area contributed by atoms with Crippen LogP contribution in [0.4, 0.5) is 5.69 Å². The third kappa shape index (κ3) is 6.74. The Balaban J connectivity index is 1.95. The molecule has 0 saturated carbocycles. The molecule has 2 aromatic rings. The first kappa shape index (κ1) is 20.4. The summed E-state index contributed by atoms with van der Waals surface area (Å²) in [5, 5.41) is 2.77. The quantitative estimate of drug-likeness (QED) is 0.386. The molecule has 0 radical (unpaired) electrons. The van der Waals surface area contributed by atoms with Crippen molar-refractivity contribution in [1.29, 1.82) is 0 Å². The van der Waals surface area contributed by atoms with Crippen LogP contribution in [-0.2, 0) is 9.53 Å². The summed E-state index contributed by atoms with van der Waals surface area (Å²) < 4.78 is 5.19. The standard InChI is InChI=1S/C23H27NO3/c1-4-5-15-27-23(26)20-7-6-8-21(16-20)24-22(25)14-11-18-9-12-19(13-10-18)17(2)3/h6-14,16-17H,4-5,15H2,1-3H3,(H,24,25). The van der Waals surface area contributed by atoms with Gasteiger partial charge >= 0.3 is 5.97 Å². The summed E-state index contributed by atoms with van der Waals surface area (Å²) in [5.74, 6) is -0.146. The molecule has 4 heteroatoms. The van der Waals surface area contributed by atoms with Gasteiger partial charge in [-0.1, -0.05) is 57.5 Å². The molecular weight excluding hydrogens is 338 g/mol. The lowest BCUT2D eigenvalue weighted by Gasteiger charge is -2.07. The Hall–Kier alpha value is -2.88. The second-order valence-corrected chi connectivity index (χ2v) is 6.71. The Morgan fingerprint density at radius 1 is 1.11 bits per heavy atom. The van der Waals surface area contributed by atoms with Crippen molar-refractivity contribution >= 4 is 23.6 Å². The van der Waals surface area contributed by atoms with Crippen LogP contribution in [0, 0.1) is 0 Å². The molecule has 2 aromatic carbocycles. The highest BCUT2D eigenvalue weighted by molar-refractivity contribution is 6.02. The van der Waals surface area contributed by atoms with E-state index >= 15 is 0 Å². The van der Waals surface area contributed by atoms with E-state index in [1.54, 1.807) is 30.3 Å². The molecule has 0 fully saturated rings.